The van der Waals surface area contributed by atoms with E-state index in [4.69, 9.17) is 0 Å². The third kappa shape index (κ3) is 3.66. The van der Waals surface area contributed by atoms with Gasteiger partial charge >= 0.3 is 0 Å². The van der Waals surface area contributed by atoms with Gasteiger partial charge in [0.05, 0.1) is 17.0 Å². The second-order valence-electron chi connectivity index (χ2n) is 11.7. The van der Waals surface area contributed by atoms with Gasteiger partial charge in [0.2, 0.25) is 11.8 Å². The van der Waals surface area contributed by atoms with Gasteiger partial charge in [-0.15, -0.1) is 0 Å². The van der Waals surface area contributed by atoms with E-state index in [0.29, 0.717) is 44.6 Å². The first-order chi connectivity index (χ1) is 20.0. The molecule has 0 aliphatic carbocycles. The minimum Gasteiger partial charge on any atom is -0.356 e. The highest BCUT2D eigenvalue weighted by atomic mass is 16.2. The predicted octanol–water partition coefficient (Wildman–Crippen LogP) is 2.90. The molecule has 0 saturated carbocycles. The number of hydrogen-bond donors (Lipinski definition) is 1. The number of fused-ring (bicyclic) bond motifs is 5. The molecule has 2 aromatic carbocycles. The number of nitriles is 1. The van der Waals surface area contributed by atoms with Crippen molar-refractivity contribution in [3.8, 4) is 6.07 Å². The Morgan fingerprint density at radius 1 is 1.05 bits per heavy atom. The number of amides is 3. The highest BCUT2D eigenvalue weighted by molar-refractivity contribution is 6.11. The molecule has 4 aliphatic rings. The second kappa shape index (κ2) is 9.74. The van der Waals surface area contributed by atoms with Crippen LogP contribution in [0.4, 0.5) is 5.69 Å². The number of para-hydroxylation sites is 2. The Labute approximate surface area is 239 Å². The fraction of sp³-hybridized carbons (Fsp3) is 0.438. The molecule has 9 nitrogen and oxygen atoms in total. The molecule has 0 radical (unpaired) electrons. The van der Waals surface area contributed by atoms with Gasteiger partial charge in [-0.2, -0.15) is 5.26 Å². The minimum atomic E-state index is -0.981. The summed E-state index contributed by atoms with van der Waals surface area (Å²) in [6, 6.07) is 18.1. The molecule has 1 spiro atoms. The van der Waals surface area contributed by atoms with Crippen LogP contribution in [0.1, 0.15) is 42.5 Å². The average molecular weight is 551 g/mol. The van der Waals surface area contributed by atoms with Gasteiger partial charge in [0.15, 0.2) is 0 Å². The Bertz CT molecular complexity index is 1620. The van der Waals surface area contributed by atoms with Crippen molar-refractivity contribution in [3.63, 3.8) is 0 Å². The fourth-order valence-corrected chi connectivity index (χ4v) is 7.98. The first kappa shape index (κ1) is 25.8. The maximum atomic E-state index is 14.5. The van der Waals surface area contributed by atoms with Crippen molar-refractivity contribution in [1.82, 2.24) is 19.7 Å². The topological polar surface area (TPSA) is 102 Å². The van der Waals surface area contributed by atoms with Crippen molar-refractivity contribution in [2.45, 2.75) is 50.7 Å². The summed E-state index contributed by atoms with van der Waals surface area (Å²) in [7, 11) is 0. The van der Waals surface area contributed by atoms with E-state index in [2.05, 4.69) is 16.3 Å². The van der Waals surface area contributed by atoms with Crippen LogP contribution in [0.15, 0.2) is 48.5 Å². The number of anilines is 1. The van der Waals surface area contributed by atoms with E-state index in [9.17, 15) is 19.6 Å². The molecule has 5 heterocycles. The summed E-state index contributed by atoms with van der Waals surface area (Å²) in [5.41, 5.74) is 2.99. The van der Waals surface area contributed by atoms with Crippen LogP contribution in [-0.2, 0) is 26.5 Å². The van der Waals surface area contributed by atoms with Gasteiger partial charge < -0.3 is 19.7 Å². The average Bonchev–Trinajstić information content (AvgIpc) is 3.70. The van der Waals surface area contributed by atoms with Crippen LogP contribution in [0, 0.1) is 24.2 Å². The SMILES string of the molecule is Cc1c(C#N)c2ccccc2n1CC(=O)N1CCCNC(=O)[C@@H]2C[C@@H]3CCCN3[C@@]23C(=O)N(CC1)c1ccccc13. The van der Waals surface area contributed by atoms with Crippen molar-refractivity contribution < 1.29 is 14.4 Å². The smallest absolute Gasteiger partial charge is 0.253 e. The molecule has 3 amide bonds. The van der Waals surface area contributed by atoms with E-state index < -0.39 is 11.5 Å². The van der Waals surface area contributed by atoms with Crippen molar-refractivity contribution in [3.05, 3.63) is 65.4 Å². The molecule has 1 N–H and O–H groups in total. The second-order valence-corrected chi connectivity index (χ2v) is 11.7. The summed E-state index contributed by atoms with van der Waals surface area (Å²) in [6.07, 6.45) is 3.35. The summed E-state index contributed by atoms with van der Waals surface area (Å²) in [5.74, 6) is -0.610. The summed E-state index contributed by atoms with van der Waals surface area (Å²) >= 11 is 0. The maximum Gasteiger partial charge on any atom is 0.253 e. The van der Waals surface area contributed by atoms with Crippen LogP contribution in [-0.4, -0.2) is 70.9 Å². The van der Waals surface area contributed by atoms with Gasteiger partial charge in [-0.3, -0.25) is 19.3 Å². The number of benzene rings is 2. The summed E-state index contributed by atoms with van der Waals surface area (Å²) in [4.78, 5) is 48.0. The summed E-state index contributed by atoms with van der Waals surface area (Å²) in [6.45, 7) is 4.46. The number of carbonyl (C=O) groups excluding carboxylic acids is 3. The molecule has 9 heteroatoms. The van der Waals surface area contributed by atoms with Gasteiger partial charge in [-0.25, -0.2) is 0 Å². The standard InChI is InChI=1S/C32H34N6O3/c1-21-24(19-33)23-9-2-4-11-27(23)37(21)20-29(39)35-14-7-13-34-30(40)26-18-22-8-6-15-38(22)32(26)25-10-3-5-12-28(25)36(17-16-35)31(32)41/h2-5,9-12,22,26H,6-8,13-18,20H2,1H3,(H,34,40)/t22-,26-,32+/m0/s1. The van der Waals surface area contributed by atoms with E-state index >= 15 is 0 Å². The Morgan fingerprint density at radius 2 is 1.85 bits per heavy atom. The third-order valence-electron chi connectivity index (χ3n) is 9.82. The molecule has 3 atom stereocenters. The van der Waals surface area contributed by atoms with Crippen molar-refractivity contribution in [2.75, 3.05) is 37.6 Å². The van der Waals surface area contributed by atoms with Gasteiger partial charge in [0, 0.05) is 54.6 Å². The zero-order valence-electron chi connectivity index (χ0n) is 23.3. The Balaban J connectivity index is 1.22. The monoisotopic (exact) mass is 550 g/mol. The lowest BCUT2D eigenvalue weighted by Gasteiger charge is -2.38. The van der Waals surface area contributed by atoms with Crippen molar-refractivity contribution in [2.24, 2.45) is 5.92 Å². The van der Waals surface area contributed by atoms with Crippen LogP contribution in [0.5, 0.6) is 0 Å². The predicted molar refractivity (Wildman–Crippen MR) is 154 cm³/mol. The van der Waals surface area contributed by atoms with E-state index in [1.54, 1.807) is 4.90 Å². The van der Waals surface area contributed by atoms with Crippen molar-refractivity contribution >= 4 is 34.3 Å². The Kier molecular flexibility index (Phi) is 6.12. The van der Waals surface area contributed by atoms with Crippen LogP contribution in [0.3, 0.4) is 0 Å². The molecular weight excluding hydrogens is 516 g/mol. The molecular formula is C32H34N6O3. The highest BCUT2D eigenvalue weighted by Gasteiger charge is 2.67. The quantitative estimate of drug-likeness (QED) is 0.529. The molecule has 3 saturated heterocycles. The van der Waals surface area contributed by atoms with E-state index in [1.165, 1.54) is 0 Å². The number of nitrogens with one attached hydrogen (secondary N) is 1. The van der Waals surface area contributed by atoms with Crippen LogP contribution in [0.2, 0.25) is 0 Å². The molecule has 210 valence electrons. The molecule has 2 bridgehead atoms. The van der Waals surface area contributed by atoms with Gasteiger partial charge in [0.25, 0.3) is 5.91 Å². The molecule has 41 heavy (non-hydrogen) atoms. The normalized spacial score (nSPS) is 26.1. The minimum absolute atomic E-state index is 0.0397. The van der Waals surface area contributed by atoms with Gasteiger partial charge in [-0.05, 0) is 51.3 Å². The molecule has 1 aromatic heterocycles. The van der Waals surface area contributed by atoms with Gasteiger partial charge in [-0.1, -0.05) is 36.4 Å². The summed E-state index contributed by atoms with van der Waals surface area (Å²) < 4.78 is 1.91. The summed E-state index contributed by atoms with van der Waals surface area (Å²) in [5, 5.41) is 13.7. The zero-order valence-corrected chi connectivity index (χ0v) is 23.3. The molecule has 3 aromatic rings. The number of aromatic nitrogens is 1. The largest absolute Gasteiger partial charge is 0.356 e. The van der Waals surface area contributed by atoms with E-state index in [-0.39, 0.29) is 30.3 Å². The lowest BCUT2D eigenvalue weighted by Crippen LogP contribution is -2.57. The Hall–Kier alpha value is -4.16. The Morgan fingerprint density at radius 3 is 2.71 bits per heavy atom. The van der Waals surface area contributed by atoms with Crippen LogP contribution in [0.25, 0.3) is 10.9 Å². The fourth-order valence-electron chi connectivity index (χ4n) is 7.98. The van der Waals surface area contributed by atoms with Crippen LogP contribution < -0.4 is 10.2 Å². The number of rotatable bonds is 2. The molecule has 7 rings (SSSR count). The first-order valence-electron chi connectivity index (χ1n) is 14.7. The number of nitrogens with zero attached hydrogens (tertiary/aromatic N) is 5. The third-order valence-corrected chi connectivity index (χ3v) is 9.82. The lowest BCUT2D eigenvalue weighted by molar-refractivity contribution is -0.139. The maximum absolute atomic E-state index is 14.5. The molecule has 3 fully saturated rings. The van der Waals surface area contributed by atoms with Gasteiger partial charge in [0.1, 0.15) is 18.2 Å². The molecule has 4 aliphatic heterocycles. The van der Waals surface area contributed by atoms with Crippen molar-refractivity contribution in [1.29, 1.82) is 5.26 Å². The number of hydrogen-bond acceptors (Lipinski definition) is 5. The van der Waals surface area contributed by atoms with E-state index in [1.807, 2.05) is 64.9 Å². The molecule has 0 unspecified atom stereocenters. The number of carbonyl (C=O) groups is 3. The van der Waals surface area contributed by atoms with Crippen LogP contribution >= 0.6 is 0 Å². The van der Waals surface area contributed by atoms with E-state index in [0.717, 1.165) is 47.2 Å². The lowest BCUT2D eigenvalue weighted by atomic mass is 9.78. The zero-order chi connectivity index (χ0) is 28.3. The highest BCUT2D eigenvalue weighted by Crippen LogP contribution is 2.57. The first-order valence-corrected chi connectivity index (χ1v) is 14.7.